The van der Waals surface area contributed by atoms with E-state index < -0.39 is 0 Å². The number of nitrogens with one attached hydrogen (secondary N) is 1. The lowest BCUT2D eigenvalue weighted by molar-refractivity contribution is -0.123. The molecule has 0 aromatic heterocycles. The van der Waals surface area contributed by atoms with Gasteiger partial charge in [0.2, 0.25) is 5.91 Å². The van der Waals surface area contributed by atoms with Crippen molar-refractivity contribution in [2.45, 2.75) is 46.1 Å². The molecule has 0 spiro atoms. The first-order chi connectivity index (χ1) is 6.47. The quantitative estimate of drug-likeness (QED) is 0.701. The standard InChI is InChI=1S/C11H21NO2/c1-8(5-4-6-13)12-10(14)9-7-11(9,2)3/h8-9,13H,4-7H2,1-3H3,(H,12,14). The second kappa shape index (κ2) is 4.30. The minimum atomic E-state index is 0.181. The Bertz CT molecular complexity index is 213. The van der Waals surface area contributed by atoms with Crippen molar-refractivity contribution in [3.05, 3.63) is 0 Å². The highest BCUT2D eigenvalue weighted by atomic mass is 16.2. The van der Waals surface area contributed by atoms with E-state index >= 15 is 0 Å². The number of carbonyl (C=O) groups excluding carboxylic acids is 1. The van der Waals surface area contributed by atoms with Crippen LogP contribution >= 0.6 is 0 Å². The summed E-state index contributed by atoms with van der Waals surface area (Å²) in [6, 6.07) is 0.186. The van der Waals surface area contributed by atoms with Gasteiger partial charge in [-0.15, -0.1) is 0 Å². The maximum atomic E-state index is 11.6. The molecule has 2 unspecified atom stereocenters. The summed E-state index contributed by atoms with van der Waals surface area (Å²) >= 11 is 0. The van der Waals surface area contributed by atoms with E-state index in [1.165, 1.54) is 0 Å². The topological polar surface area (TPSA) is 49.3 Å². The van der Waals surface area contributed by atoms with E-state index in [9.17, 15) is 4.79 Å². The summed E-state index contributed by atoms with van der Waals surface area (Å²) in [5.41, 5.74) is 0.209. The van der Waals surface area contributed by atoms with Gasteiger partial charge in [-0.1, -0.05) is 13.8 Å². The zero-order chi connectivity index (χ0) is 10.8. The maximum Gasteiger partial charge on any atom is 0.223 e. The fourth-order valence-electron chi connectivity index (χ4n) is 1.73. The van der Waals surface area contributed by atoms with Gasteiger partial charge in [0.05, 0.1) is 0 Å². The van der Waals surface area contributed by atoms with Crippen molar-refractivity contribution in [2.75, 3.05) is 6.61 Å². The second-order valence-electron chi connectivity index (χ2n) is 5.02. The molecule has 82 valence electrons. The molecule has 0 radical (unpaired) electrons. The summed E-state index contributed by atoms with van der Waals surface area (Å²) in [5.74, 6) is 0.388. The lowest BCUT2D eigenvalue weighted by Gasteiger charge is -2.13. The summed E-state index contributed by atoms with van der Waals surface area (Å²) in [6.45, 7) is 6.43. The molecule has 1 aliphatic carbocycles. The molecule has 0 aliphatic heterocycles. The number of aliphatic hydroxyl groups excluding tert-OH is 1. The van der Waals surface area contributed by atoms with E-state index in [4.69, 9.17) is 5.11 Å². The molecule has 2 N–H and O–H groups in total. The lowest BCUT2D eigenvalue weighted by atomic mass is 10.1. The highest BCUT2D eigenvalue weighted by molar-refractivity contribution is 5.82. The van der Waals surface area contributed by atoms with Crippen molar-refractivity contribution < 1.29 is 9.90 Å². The lowest BCUT2D eigenvalue weighted by Crippen LogP contribution is -2.34. The van der Waals surface area contributed by atoms with Crippen LogP contribution in [0.4, 0.5) is 0 Å². The third kappa shape index (κ3) is 2.98. The fraction of sp³-hybridized carbons (Fsp3) is 0.909. The maximum absolute atomic E-state index is 11.6. The monoisotopic (exact) mass is 199 g/mol. The number of hydrogen-bond donors (Lipinski definition) is 2. The van der Waals surface area contributed by atoms with Gasteiger partial charge in [-0.05, 0) is 31.6 Å². The van der Waals surface area contributed by atoms with Crippen LogP contribution in [0.25, 0.3) is 0 Å². The van der Waals surface area contributed by atoms with E-state index in [-0.39, 0.29) is 29.9 Å². The molecule has 0 saturated heterocycles. The van der Waals surface area contributed by atoms with E-state index in [0.717, 1.165) is 19.3 Å². The first-order valence-electron chi connectivity index (χ1n) is 5.38. The molecular formula is C11H21NO2. The third-order valence-electron chi connectivity index (χ3n) is 3.01. The first-order valence-corrected chi connectivity index (χ1v) is 5.38. The van der Waals surface area contributed by atoms with Crippen molar-refractivity contribution in [3.63, 3.8) is 0 Å². The molecule has 1 amide bonds. The van der Waals surface area contributed by atoms with Crippen LogP contribution in [0.2, 0.25) is 0 Å². The van der Waals surface area contributed by atoms with Crippen LogP contribution < -0.4 is 5.32 Å². The molecule has 1 saturated carbocycles. The molecule has 0 aromatic rings. The summed E-state index contributed by atoms with van der Waals surface area (Å²) < 4.78 is 0. The number of aliphatic hydroxyl groups is 1. The summed E-state index contributed by atoms with van der Waals surface area (Å²) in [4.78, 5) is 11.6. The molecule has 0 heterocycles. The number of hydrogen-bond acceptors (Lipinski definition) is 2. The third-order valence-corrected chi connectivity index (χ3v) is 3.01. The van der Waals surface area contributed by atoms with Gasteiger partial charge in [0.25, 0.3) is 0 Å². The molecule has 3 nitrogen and oxygen atoms in total. The Labute approximate surface area is 85.9 Å². The van der Waals surface area contributed by atoms with Gasteiger partial charge < -0.3 is 10.4 Å². The van der Waals surface area contributed by atoms with E-state index in [0.29, 0.717) is 0 Å². The molecule has 1 fully saturated rings. The Balaban J connectivity index is 2.21. The number of rotatable bonds is 5. The molecule has 1 rings (SSSR count). The normalized spacial score (nSPS) is 25.6. The van der Waals surface area contributed by atoms with Crippen LogP contribution in [0.15, 0.2) is 0 Å². The van der Waals surface area contributed by atoms with Gasteiger partial charge in [0.1, 0.15) is 0 Å². The second-order valence-corrected chi connectivity index (χ2v) is 5.02. The average molecular weight is 199 g/mol. The predicted octanol–water partition coefficient (Wildman–Crippen LogP) is 1.31. The van der Waals surface area contributed by atoms with Gasteiger partial charge in [-0.3, -0.25) is 4.79 Å². The predicted molar refractivity (Wildman–Crippen MR) is 55.8 cm³/mol. The summed E-state index contributed by atoms with van der Waals surface area (Å²) in [5, 5.41) is 11.6. The average Bonchev–Trinajstić information content (AvgIpc) is 2.72. The summed E-state index contributed by atoms with van der Waals surface area (Å²) in [6.07, 6.45) is 2.62. The van der Waals surface area contributed by atoms with Crippen LogP contribution in [0.5, 0.6) is 0 Å². The molecule has 2 atom stereocenters. The Kier molecular flexibility index (Phi) is 3.53. The molecule has 14 heavy (non-hydrogen) atoms. The Hall–Kier alpha value is -0.570. The van der Waals surface area contributed by atoms with Crippen LogP contribution in [-0.4, -0.2) is 23.7 Å². The largest absolute Gasteiger partial charge is 0.396 e. The Morgan fingerprint density at radius 1 is 1.64 bits per heavy atom. The molecule has 0 bridgehead atoms. The molecule has 0 aromatic carbocycles. The molecule has 1 aliphatic rings. The van der Waals surface area contributed by atoms with E-state index in [2.05, 4.69) is 19.2 Å². The number of amides is 1. The van der Waals surface area contributed by atoms with Crippen molar-refractivity contribution in [1.29, 1.82) is 0 Å². The zero-order valence-corrected chi connectivity index (χ0v) is 9.34. The van der Waals surface area contributed by atoms with Gasteiger partial charge in [-0.25, -0.2) is 0 Å². The zero-order valence-electron chi connectivity index (χ0n) is 9.34. The fourth-order valence-corrected chi connectivity index (χ4v) is 1.73. The molecular weight excluding hydrogens is 178 g/mol. The van der Waals surface area contributed by atoms with Gasteiger partial charge in [0.15, 0.2) is 0 Å². The van der Waals surface area contributed by atoms with Crippen molar-refractivity contribution in [2.24, 2.45) is 11.3 Å². The SMILES string of the molecule is CC(CCCO)NC(=O)C1CC1(C)C. The van der Waals surface area contributed by atoms with Crippen LogP contribution in [0, 0.1) is 11.3 Å². The highest BCUT2D eigenvalue weighted by Crippen LogP contribution is 2.51. The minimum absolute atomic E-state index is 0.181. The van der Waals surface area contributed by atoms with Gasteiger partial charge in [-0.2, -0.15) is 0 Å². The van der Waals surface area contributed by atoms with Crippen LogP contribution in [-0.2, 0) is 4.79 Å². The highest BCUT2D eigenvalue weighted by Gasteiger charge is 2.50. The number of carbonyl (C=O) groups is 1. The first kappa shape index (κ1) is 11.5. The van der Waals surface area contributed by atoms with Gasteiger partial charge in [0, 0.05) is 18.6 Å². The summed E-state index contributed by atoms with van der Waals surface area (Å²) in [7, 11) is 0. The van der Waals surface area contributed by atoms with E-state index in [1.54, 1.807) is 0 Å². The van der Waals surface area contributed by atoms with E-state index in [1.807, 2.05) is 6.92 Å². The van der Waals surface area contributed by atoms with Crippen LogP contribution in [0.3, 0.4) is 0 Å². The van der Waals surface area contributed by atoms with Crippen LogP contribution in [0.1, 0.15) is 40.0 Å². The van der Waals surface area contributed by atoms with Crippen molar-refractivity contribution in [3.8, 4) is 0 Å². The Morgan fingerprint density at radius 2 is 2.21 bits per heavy atom. The smallest absolute Gasteiger partial charge is 0.223 e. The van der Waals surface area contributed by atoms with Crippen molar-refractivity contribution in [1.82, 2.24) is 5.32 Å². The Morgan fingerprint density at radius 3 is 2.64 bits per heavy atom. The molecule has 3 heteroatoms. The minimum Gasteiger partial charge on any atom is -0.396 e. The van der Waals surface area contributed by atoms with Crippen molar-refractivity contribution >= 4 is 5.91 Å². The van der Waals surface area contributed by atoms with Gasteiger partial charge >= 0.3 is 0 Å².